The lowest BCUT2D eigenvalue weighted by Gasteiger charge is -2.37. The summed E-state index contributed by atoms with van der Waals surface area (Å²) >= 11 is 1.76. The fourth-order valence-corrected chi connectivity index (χ4v) is 5.07. The Morgan fingerprint density at radius 3 is 2.72 bits per heavy atom. The number of amides is 2. The first-order valence-electron chi connectivity index (χ1n) is 9.17. The van der Waals surface area contributed by atoms with E-state index < -0.39 is 0 Å². The molecule has 25 heavy (non-hydrogen) atoms. The molecule has 2 aliphatic rings. The molecule has 0 unspecified atom stereocenters. The van der Waals surface area contributed by atoms with Crippen LogP contribution in [-0.2, 0) is 20.7 Å². The SMILES string of the molecule is CO[C@@H]1C[C@H]2CN(C(=O)CCCc3cccs3)C[C@H]2C[C@H]1NC(C)=O. The van der Waals surface area contributed by atoms with Gasteiger partial charge in [0.2, 0.25) is 11.8 Å². The Morgan fingerprint density at radius 1 is 1.32 bits per heavy atom. The van der Waals surface area contributed by atoms with E-state index in [-0.39, 0.29) is 24.0 Å². The molecule has 1 aliphatic carbocycles. The smallest absolute Gasteiger partial charge is 0.222 e. The third-order valence-electron chi connectivity index (χ3n) is 5.56. The molecule has 5 nitrogen and oxygen atoms in total. The van der Waals surface area contributed by atoms with Crippen LogP contribution in [0, 0.1) is 11.8 Å². The molecule has 4 atom stereocenters. The van der Waals surface area contributed by atoms with E-state index in [1.54, 1.807) is 25.4 Å². The van der Waals surface area contributed by atoms with E-state index in [9.17, 15) is 9.59 Å². The second kappa shape index (κ2) is 8.32. The number of hydrogen-bond donors (Lipinski definition) is 1. The van der Waals surface area contributed by atoms with E-state index in [4.69, 9.17) is 4.74 Å². The van der Waals surface area contributed by atoms with Crippen molar-refractivity contribution in [1.82, 2.24) is 10.2 Å². The van der Waals surface area contributed by atoms with Gasteiger partial charge in [-0.15, -0.1) is 11.3 Å². The highest BCUT2D eigenvalue weighted by atomic mass is 32.1. The number of rotatable bonds is 6. The van der Waals surface area contributed by atoms with Crippen molar-refractivity contribution in [2.45, 2.75) is 51.2 Å². The van der Waals surface area contributed by atoms with Crippen LogP contribution in [0.4, 0.5) is 0 Å². The number of carbonyl (C=O) groups excluding carboxylic acids is 2. The van der Waals surface area contributed by atoms with E-state index in [0.717, 1.165) is 38.8 Å². The summed E-state index contributed by atoms with van der Waals surface area (Å²) in [5.41, 5.74) is 0. The van der Waals surface area contributed by atoms with Crippen LogP contribution in [0.1, 0.15) is 37.5 Å². The Morgan fingerprint density at radius 2 is 2.08 bits per heavy atom. The zero-order valence-corrected chi connectivity index (χ0v) is 15.9. The van der Waals surface area contributed by atoms with Crippen molar-refractivity contribution in [1.29, 1.82) is 0 Å². The van der Waals surface area contributed by atoms with Crippen LogP contribution in [0.25, 0.3) is 0 Å². The maximum absolute atomic E-state index is 12.6. The molecule has 1 saturated carbocycles. The van der Waals surface area contributed by atoms with Crippen molar-refractivity contribution in [3.05, 3.63) is 22.4 Å². The lowest BCUT2D eigenvalue weighted by Crippen LogP contribution is -2.49. The number of nitrogens with zero attached hydrogens (tertiary/aromatic N) is 1. The van der Waals surface area contributed by atoms with E-state index >= 15 is 0 Å². The van der Waals surface area contributed by atoms with Gasteiger partial charge < -0.3 is 15.0 Å². The Bertz CT molecular complexity index is 589. The first kappa shape index (κ1) is 18.4. The molecule has 1 aromatic rings. The number of nitrogens with one attached hydrogen (secondary N) is 1. The van der Waals surface area contributed by atoms with Crippen LogP contribution >= 0.6 is 11.3 Å². The molecule has 1 aromatic heterocycles. The summed E-state index contributed by atoms with van der Waals surface area (Å²) < 4.78 is 5.60. The molecule has 2 fully saturated rings. The van der Waals surface area contributed by atoms with Gasteiger partial charge in [0, 0.05) is 38.4 Å². The minimum Gasteiger partial charge on any atom is -0.379 e. The van der Waals surface area contributed by atoms with Gasteiger partial charge in [-0.25, -0.2) is 0 Å². The lowest BCUT2D eigenvalue weighted by molar-refractivity contribution is -0.130. The van der Waals surface area contributed by atoms with Gasteiger partial charge in [-0.1, -0.05) is 6.07 Å². The number of aryl methyl sites for hydroxylation is 1. The van der Waals surface area contributed by atoms with E-state index in [0.29, 0.717) is 18.3 Å². The molecule has 1 saturated heterocycles. The van der Waals surface area contributed by atoms with E-state index in [1.807, 2.05) is 4.90 Å². The molecular formula is C19H28N2O3S. The van der Waals surface area contributed by atoms with Crippen molar-refractivity contribution in [2.24, 2.45) is 11.8 Å². The highest BCUT2D eigenvalue weighted by Gasteiger charge is 2.43. The third kappa shape index (κ3) is 4.61. The number of methoxy groups -OCH3 is 1. The predicted molar refractivity (Wildman–Crippen MR) is 98.5 cm³/mol. The van der Waals surface area contributed by atoms with E-state index in [1.165, 1.54) is 4.88 Å². The number of hydrogen-bond acceptors (Lipinski definition) is 4. The van der Waals surface area contributed by atoms with Crippen molar-refractivity contribution < 1.29 is 14.3 Å². The Hall–Kier alpha value is -1.40. The zero-order chi connectivity index (χ0) is 17.8. The maximum Gasteiger partial charge on any atom is 0.222 e. The van der Waals surface area contributed by atoms with Crippen molar-refractivity contribution in [3.63, 3.8) is 0 Å². The summed E-state index contributed by atoms with van der Waals surface area (Å²) in [5, 5.41) is 5.11. The van der Waals surface area contributed by atoms with Crippen molar-refractivity contribution in [3.8, 4) is 0 Å². The van der Waals surface area contributed by atoms with Gasteiger partial charge in [-0.3, -0.25) is 9.59 Å². The monoisotopic (exact) mass is 364 g/mol. The molecule has 1 N–H and O–H groups in total. The molecule has 1 aliphatic heterocycles. The quantitative estimate of drug-likeness (QED) is 0.844. The number of likely N-dealkylation sites (tertiary alicyclic amines) is 1. The number of fused-ring (bicyclic) bond motifs is 1. The van der Waals surface area contributed by atoms with Gasteiger partial charge in [0.1, 0.15) is 0 Å². The highest BCUT2D eigenvalue weighted by Crippen LogP contribution is 2.37. The second-order valence-corrected chi connectivity index (χ2v) is 8.34. The molecular weight excluding hydrogens is 336 g/mol. The molecule has 0 radical (unpaired) electrons. The average molecular weight is 365 g/mol. The Kier molecular flexibility index (Phi) is 6.12. The van der Waals surface area contributed by atoms with Gasteiger partial charge in [0.15, 0.2) is 0 Å². The van der Waals surface area contributed by atoms with Gasteiger partial charge >= 0.3 is 0 Å². The average Bonchev–Trinajstić information content (AvgIpc) is 3.22. The molecule has 0 spiro atoms. The van der Waals surface area contributed by atoms with Crippen LogP contribution in [0.2, 0.25) is 0 Å². The Labute approximate surface area is 153 Å². The summed E-state index contributed by atoms with van der Waals surface area (Å²) in [5.74, 6) is 1.24. The van der Waals surface area contributed by atoms with Crippen molar-refractivity contribution >= 4 is 23.2 Å². The normalized spacial score (nSPS) is 28.6. The van der Waals surface area contributed by atoms with Crippen LogP contribution < -0.4 is 5.32 Å². The molecule has 0 aromatic carbocycles. The van der Waals surface area contributed by atoms with Crippen molar-refractivity contribution in [2.75, 3.05) is 20.2 Å². The summed E-state index contributed by atoms with van der Waals surface area (Å²) in [7, 11) is 1.71. The number of ether oxygens (including phenoxy) is 1. The first-order valence-corrected chi connectivity index (χ1v) is 10.0. The van der Waals surface area contributed by atoms with Gasteiger partial charge in [0.05, 0.1) is 12.1 Å². The van der Waals surface area contributed by atoms with Gasteiger partial charge in [0.25, 0.3) is 0 Å². The minimum atomic E-state index is -0.00925. The maximum atomic E-state index is 12.6. The van der Waals surface area contributed by atoms with E-state index in [2.05, 4.69) is 22.8 Å². The number of carbonyl (C=O) groups is 2. The fraction of sp³-hybridized carbons (Fsp3) is 0.684. The fourth-order valence-electron chi connectivity index (χ4n) is 4.32. The predicted octanol–water partition coefficient (Wildman–Crippen LogP) is 2.46. The molecule has 2 heterocycles. The summed E-state index contributed by atoms with van der Waals surface area (Å²) in [6.07, 6.45) is 4.41. The summed E-state index contributed by atoms with van der Waals surface area (Å²) in [4.78, 5) is 27.4. The largest absolute Gasteiger partial charge is 0.379 e. The first-order chi connectivity index (χ1) is 12.1. The molecule has 6 heteroatoms. The van der Waals surface area contributed by atoms with Gasteiger partial charge in [-0.2, -0.15) is 0 Å². The molecule has 2 amide bonds. The van der Waals surface area contributed by atoms with Crippen LogP contribution in [0.15, 0.2) is 17.5 Å². The van der Waals surface area contributed by atoms with Crippen LogP contribution in [-0.4, -0.2) is 49.1 Å². The third-order valence-corrected chi connectivity index (χ3v) is 6.49. The standard InChI is InChI=1S/C19H28N2O3S/c1-13(22)20-17-9-14-11-21(12-15(14)10-18(17)24-2)19(23)7-3-5-16-6-4-8-25-16/h4,6,8,14-15,17-18H,3,5,7,9-12H2,1-2H3,(H,20,22)/t14-,15+,17-,18-/m1/s1. The zero-order valence-electron chi connectivity index (χ0n) is 15.1. The Balaban J connectivity index is 1.49. The lowest BCUT2D eigenvalue weighted by atomic mass is 9.77. The number of thiophene rings is 1. The topological polar surface area (TPSA) is 58.6 Å². The minimum absolute atomic E-state index is 0.00925. The van der Waals surface area contributed by atoms with Crippen LogP contribution in [0.5, 0.6) is 0 Å². The highest BCUT2D eigenvalue weighted by molar-refractivity contribution is 7.09. The van der Waals surface area contributed by atoms with Gasteiger partial charge in [-0.05, 0) is 49.0 Å². The van der Waals surface area contributed by atoms with Crippen LogP contribution in [0.3, 0.4) is 0 Å². The molecule has 0 bridgehead atoms. The summed E-state index contributed by atoms with van der Waals surface area (Å²) in [6.45, 7) is 3.22. The molecule has 138 valence electrons. The molecule has 3 rings (SSSR count). The second-order valence-electron chi connectivity index (χ2n) is 7.30. The summed E-state index contributed by atoms with van der Waals surface area (Å²) in [6, 6.07) is 4.26.